The molecule has 0 aliphatic carbocycles. The fourth-order valence-electron chi connectivity index (χ4n) is 2.40. The number of aromatic nitrogens is 2. The molecular weight excluding hydrogens is 252 g/mol. The Bertz CT molecular complexity index is 378. The maximum Gasteiger partial charge on any atom is 0.225 e. The summed E-state index contributed by atoms with van der Waals surface area (Å²) < 4.78 is 5.51. The highest BCUT2D eigenvalue weighted by Gasteiger charge is 2.08. The van der Waals surface area contributed by atoms with Gasteiger partial charge in [0.15, 0.2) is 0 Å². The molecule has 2 heterocycles. The highest BCUT2D eigenvalue weighted by Crippen LogP contribution is 2.10. The van der Waals surface area contributed by atoms with E-state index in [0.29, 0.717) is 18.4 Å². The van der Waals surface area contributed by atoms with Crippen molar-refractivity contribution in [2.75, 3.05) is 38.1 Å². The number of nitrogens with one attached hydrogen (secondary N) is 1. The van der Waals surface area contributed by atoms with Gasteiger partial charge in [0, 0.05) is 25.4 Å². The molecule has 5 heteroatoms. The summed E-state index contributed by atoms with van der Waals surface area (Å²) >= 11 is 0. The summed E-state index contributed by atoms with van der Waals surface area (Å²) in [6.45, 7) is 7.18. The molecule has 1 aliphatic rings. The van der Waals surface area contributed by atoms with Gasteiger partial charge in [-0.25, -0.2) is 4.98 Å². The van der Waals surface area contributed by atoms with Crippen molar-refractivity contribution in [1.82, 2.24) is 14.9 Å². The number of rotatable bonds is 7. The van der Waals surface area contributed by atoms with Crippen LogP contribution in [-0.2, 0) is 0 Å². The van der Waals surface area contributed by atoms with Gasteiger partial charge in [-0.2, -0.15) is 4.98 Å². The molecule has 1 N–H and O–H groups in total. The van der Waals surface area contributed by atoms with Crippen molar-refractivity contribution in [2.24, 2.45) is 0 Å². The van der Waals surface area contributed by atoms with E-state index < -0.39 is 0 Å². The van der Waals surface area contributed by atoms with Crippen LogP contribution in [0.2, 0.25) is 0 Å². The normalized spacial score (nSPS) is 16.6. The van der Waals surface area contributed by atoms with Crippen LogP contribution in [0.5, 0.6) is 5.88 Å². The van der Waals surface area contributed by atoms with Crippen LogP contribution < -0.4 is 10.1 Å². The summed E-state index contributed by atoms with van der Waals surface area (Å²) in [6.07, 6.45) is 8.15. The largest absolute Gasteiger partial charge is 0.478 e. The van der Waals surface area contributed by atoms with Crippen molar-refractivity contribution < 1.29 is 4.74 Å². The van der Waals surface area contributed by atoms with Crippen molar-refractivity contribution in [3.63, 3.8) is 0 Å². The average Bonchev–Trinajstić information content (AvgIpc) is 2.74. The Morgan fingerprint density at radius 2 is 2.05 bits per heavy atom. The van der Waals surface area contributed by atoms with E-state index >= 15 is 0 Å². The van der Waals surface area contributed by atoms with Crippen molar-refractivity contribution in [3.8, 4) is 5.88 Å². The molecule has 0 aromatic carbocycles. The Morgan fingerprint density at radius 3 is 2.80 bits per heavy atom. The lowest BCUT2D eigenvalue weighted by Gasteiger charge is -2.19. The fraction of sp³-hybridized carbons (Fsp3) is 0.733. The first kappa shape index (κ1) is 15.0. The minimum Gasteiger partial charge on any atom is -0.478 e. The zero-order chi connectivity index (χ0) is 14.0. The van der Waals surface area contributed by atoms with Crippen molar-refractivity contribution >= 4 is 5.95 Å². The van der Waals surface area contributed by atoms with Gasteiger partial charge in [0.05, 0.1) is 6.61 Å². The quantitative estimate of drug-likeness (QED) is 0.830. The Kier molecular flexibility index (Phi) is 6.57. The third-order valence-corrected chi connectivity index (χ3v) is 3.49. The zero-order valence-electron chi connectivity index (χ0n) is 12.5. The smallest absolute Gasteiger partial charge is 0.225 e. The Balaban J connectivity index is 1.72. The van der Waals surface area contributed by atoms with Crippen LogP contribution in [0, 0.1) is 0 Å². The van der Waals surface area contributed by atoms with Crippen LogP contribution in [0.4, 0.5) is 5.95 Å². The van der Waals surface area contributed by atoms with Gasteiger partial charge in [0.25, 0.3) is 0 Å². The Labute approximate surface area is 121 Å². The predicted octanol–water partition coefficient (Wildman–Crippen LogP) is 2.55. The summed E-state index contributed by atoms with van der Waals surface area (Å²) in [5, 5.41) is 3.29. The van der Waals surface area contributed by atoms with E-state index in [0.717, 1.165) is 19.5 Å². The molecule has 0 unspecified atom stereocenters. The van der Waals surface area contributed by atoms with Gasteiger partial charge in [-0.15, -0.1) is 0 Å². The molecule has 112 valence electrons. The van der Waals surface area contributed by atoms with Crippen LogP contribution in [0.3, 0.4) is 0 Å². The Hall–Kier alpha value is -1.36. The summed E-state index contributed by atoms with van der Waals surface area (Å²) in [6, 6.07) is 1.80. The van der Waals surface area contributed by atoms with Gasteiger partial charge < -0.3 is 15.0 Å². The second kappa shape index (κ2) is 8.74. The molecule has 1 fully saturated rings. The van der Waals surface area contributed by atoms with E-state index in [1.54, 1.807) is 12.3 Å². The monoisotopic (exact) mass is 278 g/mol. The van der Waals surface area contributed by atoms with E-state index in [-0.39, 0.29) is 0 Å². The second-order valence-corrected chi connectivity index (χ2v) is 5.25. The first-order chi connectivity index (χ1) is 9.88. The van der Waals surface area contributed by atoms with Gasteiger partial charge in [-0.1, -0.05) is 19.8 Å². The highest BCUT2D eigenvalue weighted by atomic mass is 16.5. The van der Waals surface area contributed by atoms with Crippen LogP contribution in [0.25, 0.3) is 0 Å². The van der Waals surface area contributed by atoms with Crippen molar-refractivity contribution in [1.29, 1.82) is 0 Å². The third kappa shape index (κ3) is 5.33. The molecule has 1 aliphatic heterocycles. The minimum absolute atomic E-state index is 0.652. The zero-order valence-corrected chi connectivity index (χ0v) is 12.5. The van der Waals surface area contributed by atoms with E-state index in [1.165, 1.54) is 38.8 Å². The lowest BCUT2D eigenvalue weighted by molar-refractivity contribution is 0.295. The average molecular weight is 278 g/mol. The van der Waals surface area contributed by atoms with E-state index in [1.807, 2.05) is 0 Å². The van der Waals surface area contributed by atoms with Crippen molar-refractivity contribution in [3.05, 3.63) is 12.3 Å². The Morgan fingerprint density at radius 1 is 1.25 bits per heavy atom. The summed E-state index contributed by atoms with van der Waals surface area (Å²) in [5.74, 6) is 1.31. The van der Waals surface area contributed by atoms with E-state index in [2.05, 4.69) is 27.1 Å². The van der Waals surface area contributed by atoms with Crippen LogP contribution in [0.15, 0.2) is 12.3 Å². The standard InChI is InChI=1S/C15H26N4O/c1-2-13-20-14-7-8-16-15(18-14)17-9-12-19-10-5-3-4-6-11-19/h7-8H,2-6,9-13H2,1H3,(H,16,17,18). The SMILES string of the molecule is CCCOc1ccnc(NCCN2CCCCCC2)n1. The third-order valence-electron chi connectivity index (χ3n) is 3.49. The number of hydrogen-bond acceptors (Lipinski definition) is 5. The molecule has 0 bridgehead atoms. The first-order valence-electron chi connectivity index (χ1n) is 7.80. The predicted molar refractivity (Wildman–Crippen MR) is 81.2 cm³/mol. The lowest BCUT2D eigenvalue weighted by Crippen LogP contribution is -2.30. The van der Waals surface area contributed by atoms with Gasteiger partial charge in [0.1, 0.15) is 0 Å². The molecule has 1 aromatic rings. The molecule has 0 atom stereocenters. The molecule has 1 saturated heterocycles. The molecule has 20 heavy (non-hydrogen) atoms. The second-order valence-electron chi connectivity index (χ2n) is 5.25. The maximum atomic E-state index is 5.51. The molecule has 5 nitrogen and oxygen atoms in total. The first-order valence-corrected chi connectivity index (χ1v) is 7.80. The molecule has 0 spiro atoms. The number of ether oxygens (including phenoxy) is 1. The molecule has 2 rings (SSSR count). The topological polar surface area (TPSA) is 50.3 Å². The number of hydrogen-bond donors (Lipinski definition) is 1. The highest BCUT2D eigenvalue weighted by molar-refractivity contribution is 5.27. The maximum absolute atomic E-state index is 5.51. The van der Waals surface area contributed by atoms with Crippen molar-refractivity contribution in [2.45, 2.75) is 39.0 Å². The summed E-state index contributed by atoms with van der Waals surface area (Å²) in [5.41, 5.74) is 0. The van der Waals surface area contributed by atoms with Crippen LogP contribution in [-0.4, -0.2) is 47.7 Å². The van der Waals surface area contributed by atoms with Gasteiger partial charge in [0.2, 0.25) is 11.8 Å². The summed E-state index contributed by atoms with van der Waals surface area (Å²) in [4.78, 5) is 11.1. The molecule has 0 saturated carbocycles. The number of nitrogens with zero attached hydrogens (tertiary/aromatic N) is 3. The van der Waals surface area contributed by atoms with Gasteiger partial charge in [-0.3, -0.25) is 0 Å². The van der Waals surface area contributed by atoms with E-state index in [4.69, 9.17) is 4.74 Å². The molecule has 1 aromatic heterocycles. The fourth-order valence-corrected chi connectivity index (χ4v) is 2.40. The molecular formula is C15H26N4O. The minimum atomic E-state index is 0.652. The van der Waals surface area contributed by atoms with Crippen LogP contribution in [0.1, 0.15) is 39.0 Å². The number of anilines is 1. The van der Waals surface area contributed by atoms with Crippen LogP contribution >= 0.6 is 0 Å². The van der Waals surface area contributed by atoms with Gasteiger partial charge >= 0.3 is 0 Å². The summed E-state index contributed by atoms with van der Waals surface area (Å²) in [7, 11) is 0. The van der Waals surface area contributed by atoms with E-state index in [9.17, 15) is 0 Å². The van der Waals surface area contributed by atoms with Gasteiger partial charge in [-0.05, 0) is 32.4 Å². The molecule has 0 radical (unpaired) electrons. The lowest BCUT2D eigenvalue weighted by atomic mass is 10.2. The number of likely N-dealkylation sites (tertiary alicyclic amines) is 1. The molecule has 0 amide bonds.